The summed E-state index contributed by atoms with van der Waals surface area (Å²) < 4.78 is 27.2. The Morgan fingerprint density at radius 1 is 1.53 bits per heavy atom. The van der Waals surface area contributed by atoms with Crippen LogP contribution in [0.3, 0.4) is 0 Å². The molecule has 1 N–H and O–H groups in total. The Balaban J connectivity index is 2.22. The van der Waals surface area contributed by atoms with E-state index in [1.807, 2.05) is 7.05 Å². The third-order valence-electron chi connectivity index (χ3n) is 3.22. The van der Waals surface area contributed by atoms with Crippen LogP contribution in [-0.2, 0) is 10.0 Å². The molecular weight excluding hydrogens is 327 g/mol. The van der Waals surface area contributed by atoms with Gasteiger partial charge in [-0.2, -0.15) is 4.31 Å². The zero-order valence-corrected chi connectivity index (χ0v) is 13.7. The van der Waals surface area contributed by atoms with Crippen LogP contribution in [0.2, 0.25) is 8.67 Å². The molecule has 1 aromatic rings. The highest BCUT2D eigenvalue weighted by molar-refractivity contribution is 7.89. The molecule has 0 amide bonds. The second-order valence-electron chi connectivity index (χ2n) is 4.62. The molecule has 0 saturated carbocycles. The Hall–Kier alpha value is 0.150. The maximum atomic E-state index is 12.5. The van der Waals surface area contributed by atoms with E-state index in [-0.39, 0.29) is 9.23 Å². The van der Waals surface area contributed by atoms with Gasteiger partial charge in [-0.3, -0.25) is 0 Å². The van der Waals surface area contributed by atoms with Gasteiger partial charge in [0.05, 0.1) is 4.34 Å². The maximum absolute atomic E-state index is 12.5. The van der Waals surface area contributed by atoms with Gasteiger partial charge in [0.1, 0.15) is 9.23 Å². The van der Waals surface area contributed by atoms with Crippen LogP contribution in [0.15, 0.2) is 11.0 Å². The summed E-state index contributed by atoms with van der Waals surface area (Å²) >= 11 is 12.9. The van der Waals surface area contributed by atoms with Gasteiger partial charge >= 0.3 is 0 Å². The molecule has 1 saturated heterocycles. The molecule has 1 fully saturated rings. The molecule has 1 aliphatic rings. The van der Waals surface area contributed by atoms with Gasteiger partial charge in [0, 0.05) is 13.1 Å². The zero-order valence-electron chi connectivity index (χ0n) is 10.5. The van der Waals surface area contributed by atoms with Crippen molar-refractivity contribution in [2.24, 2.45) is 5.92 Å². The van der Waals surface area contributed by atoms with Gasteiger partial charge in [-0.15, -0.1) is 11.3 Å². The molecule has 1 atom stereocenters. The number of hydrogen-bond acceptors (Lipinski definition) is 4. The number of halogens is 2. The van der Waals surface area contributed by atoms with Gasteiger partial charge in [-0.05, 0) is 38.4 Å². The fourth-order valence-corrected chi connectivity index (χ4v) is 6.01. The molecule has 0 aromatic carbocycles. The van der Waals surface area contributed by atoms with E-state index in [9.17, 15) is 8.42 Å². The summed E-state index contributed by atoms with van der Waals surface area (Å²) in [6, 6.07) is 1.44. The molecule has 1 unspecified atom stereocenters. The topological polar surface area (TPSA) is 49.4 Å². The number of sulfonamides is 1. The standard InChI is InChI=1S/C11H16Cl2N2O2S2/c1-14-6-8-3-2-4-15(7-8)19(16,17)9-5-10(12)18-11(9)13/h5,8,14H,2-4,6-7H2,1H3. The minimum atomic E-state index is -3.52. The van der Waals surface area contributed by atoms with Crippen LogP contribution in [0.1, 0.15) is 12.8 Å². The third kappa shape index (κ3) is 3.43. The van der Waals surface area contributed by atoms with Crippen LogP contribution in [0.5, 0.6) is 0 Å². The lowest BCUT2D eigenvalue weighted by molar-refractivity contribution is 0.263. The van der Waals surface area contributed by atoms with Crippen molar-refractivity contribution in [3.63, 3.8) is 0 Å². The number of hydrogen-bond donors (Lipinski definition) is 1. The van der Waals surface area contributed by atoms with Gasteiger partial charge < -0.3 is 5.32 Å². The van der Waals surface area contributed by atoms with E-state index in [0.717, 1.165) is 30.7 Å². The Morgan fingerprint density at radius 3 is 2.84 bits per heavy atom. The van der Waals surface area contributed by atoms with E-state index < -0.39 is 10.0 Å². The van der Waals surface area contributed by atoms with E-state index in [2.05, 4.69) is 5.32 Å². The number of nitrogens with one attached hydrogen (secondary N) is 1. The van der Waals surface area contributed by atoms with Crippen molar-refractivity contribution in [3.8, 4) is 0 Å². The Bertz CT molecular complexity index is 543. The van der Waals surface area contributed by atoms with E-state index in [1.54, 1.807) is 0 Å². The summed E-state index contributed by atoms with van der Waals surface area (Å²) in [6.07, 6.45) is 1.92. The lowest BCUT2D eigenvalue weighted by Crippen LogP contribution is -2.42. The Labute approximate surface area is 127 Å². The minimum absolute atomic E-state index is 0.134. The average molecular weight is 343 g/mol. The van der Waals surface area contributed by atoms with E-state index in [1.165, 1.54) is 10.4 Å². The van der Waals surface area contributed by atoms with Crippen molar-refractivity contribution in [1.82, 2.24) is 9.62 Å². The van der Waals surface area contributed by atoms with Gasteiger partial charge in [0.2, 0.25) is 10.0 Å². The summed E-state index contributed by atoms with van der Waals surface area (Å²) in [5.74, 6) is 0.349. The fourth-order valence-electron chi connectivity index (χ4n) is 2.34. The van der Waals surface area contributed by atoms with Crippen LogP contribution in [-0.4, -0.2) is 39.4 Å². The van der Waals surface area contributed by atoms with Crippen LogP contribution >= 0.6 is 34.5 Å². The van der Waals surface area contributed by atoms with Gasteiger partial charge in [-0.25, -0.2) is 8.42 Å². The highest BCUT2D eigenvalue weighted by Gasteiger charge is 2.32. The van der Waals surface area contributed by atoms with Crippen LogP contribution in [0.25, 0.3) is 0 Å². The van der Waals surface area contributed by atoms with E-state index in [4.69, 9.17) is 23.2 Å². The molecule has 1 aliphatic heterocycles. The Morgan fingerprint density at radius 2 is 2.26 bits per heavy atom. The highest BCUT2D eigenvalue weighted by atomic mass is 35.5. The van der Waals surface area contributed by atoms with Gasteiger partial charge in [0.25, 0.3) is 0 Å². The quantitative estimate of drug-likeness (QED) is 0.914. The molecule has 0 aliphatic carbocycles. The molecule has 108 valence electrons. The molecular formula is C11H16Cl2N2O2S2. The minimum Gasteiger partial charge on any atom is -0.319 e. The summed E-state index contributed by atoms with van der Waals surface area (Å²) in [7, 11) is -1.65. The van der Waals surface area contributed by atoms with Crippen molar-refractivity contribution >= 4 is 44.6 Å². The van der Waals surface area contributed by atoms with Gasteiger partial charge in [0.15, 0.2) is 0 Å². The van der Waals surface area contributed by atoms with E-state index >= 15 is 0 Å². The average Bonchev–Trinajstić information content (AvgIpc) is 2.70. The molecule has 0 bridgehead atoms. The summed E-state index contributed by atoms with van der Waals surface area (Å²) in [5.41, 5.74) is 0. The van der Waals surface area contributed by atoms with Gasteiger partial charge in [-0.1, -0.05) is 23.2 Å². The zero-order chi connectivity index (χ0) is 14.0. The third-order valence-corrected chi connectivity index (χ3v) is 6.84. The molecule has 1 aromatic heterocycles. The summed E-state index contributed by atoms with van der Waals surface area (Å²) in [6.45, 7) is 1.91. The van der Waals surface area contributed by atoms with Crippen LogP contribution < -0.4 is 5.32 Å². The second kappa shape index (κ2) is 6.28. The van der Waals surface area contributed by atoms with Crippen LogP contribution in [0, 0.1) is 5.92 Å². The monoisotopic (exact) mass is 342 g/mol. The SMILES string of the molecule is CNCC1CCCN(S(=O)(=O)c2cc(Cl)sc2Cl)C1. The molecule has 2 heterocycles. The molecule has 2 rings (SSSR count). The number of nitrogens with zero attached hydrogens (tertiary/aromatic N) is 1. The van der Waals surface area contributed by atoms with Crippen molar-refractivity contribution in [2.75, 3.05) is 26.7 Å². The largest absolute Gasteiger partial charge is 0.319 e. The van der Waals surface area contributed by atoms with Crippen molar-refractivity contribution < 1.29 is 8.42 Å². The predicted octanol–water partition coefficient (Wildman–Crippen LogP) is 2.68. The van der Waals surface area contributed by atoms with E-state index in [0.29, 0.717) is 23.3 Å². The first-order valence-electron chi connectivity index (χ1n) is 6.04. The lowest BCUT2D eigenvalue weighted by Gasteiger charge is -2.31. The number of thiophene rings is 1. The Kier molecular flexibility index (Phi) is 5.14. The predicted molar refractivity (Wildman–Crippen MR) is 79.7 cm³/mol. The first-order chi connectivity index (χ1) is 8.95. The maximum Gasteiger partial charge on any atom is 0.245 e. The summed E-state index contributed by atoms with van der Waals surface area (Å²) in [5, 5.41) is 3.10. The number of rotatable bonds is 4. The highest BCUT2D eigenvalue weighted by Crippen LogP contribution is 2.36. The molecule has 4 nitrogen and oxygen atoms in total. The second-order valence-corrected chi connectivity index (χ2v) is 8.81. The first kappa shape index (κ1) is 15.5. The smallest absolute Gasteiger partial charge is 0.245 e. The number of piperidine rings is 1. The van der Waals surface area contributed by atoms with Crippen LogP contribution in [0.4, 0.5) is 0 Å². The normalized spacial score (nSPS) is 21.7. The lowest BCUT2D eigenvalue weighted by atomic mass is 10.00. The molecule has 8 heteroatoms. The molecule has 0 spiro atoms. The molecule has 0 radical (unpaired) electrons. The first-order valence-corrected chi connectivity index (χ1v) is 9.06. The fraction of sp³-hybridized carbons (Fsp3) is 0.636. The summed E-state index contributed by atoms with van der Waals surface area (Å²) in [4.78, 5) is 0.134. The van der Waals surface area contributed by atoms with Crippen molar-refractivity contribution in [2.45, 2.75) is 17.7 Å². The van der Waals surface area contributed by atoms with Crippen molar-refractivity contribution in [1.29, 1.82) is 0 Å². The molecule has 19 heavy (non-hydrogen) atoms. The van der Waals surface area contributed by atoms with Crippen molar-refractivity contribution in [3.05, 3.63) is 14.7 Å².